The van der Waals surface area contributed by atoms with Crippen molar-refractivity contribution in [2.75, 3.05) is 6.61 Å². The van der Waals surface area contributed by atoms with Gasteiger partial charge in [0.25, 0.3) is 5.91 Å². The zero-order valence-electron chi connectivity index (χ0n) is 20.2. The van der Waals surface area contributed by atoms with Crippen molar-refractivity contribution in [1.82, 2.24) is 10.2 Å². The second-order valence-corrected chi connectivity index (χ2v) is 9.96. The average molecular weight is 505 g/mol. The first-order valence-electron chi connectivity index (χ1n) is 12.0. The molecule has 1 unspecified atom stereocenters. The number of amides is 2. The van der Waals surface area contributed by atoms with Crippen LogP contribution in [0.4, 0.5) is 0 Å². The Balaban J connectivity index is 1.79. The van der Waals surface area contributed by atoms with E-state index in [-0.39, 0.29) is 31.0 Å². The quantitative estimate of drug-likeness (QED) is 0.439. The Morgan fingerprint density at radius 1 is 1.03 bits per heavy atom. The fraction of sp³-hybridized carbons (Fsp3) is 0.481. The Morgan fingerprint density at radius 2 is 1.71 bits per heavy atom. The fourth-order valence-electron chi connectivity index (χ4n) is 4.54. The molecule has 0 spiro atoms. The molecular formula is C27H34Cl2N2O3. The van der Waals surface area contributed by atoms with Gasteiger partial charge in [0, 0.05) is 12.6 Å². The number of aryl methyl sites for hydroxylation is 2. The van der Waals surface area contributed by atoms with Gasteiger partial charge in [-0.2, -0.15) is 0 Å². The van der Waals surface area contributed by atoms with Gasteiger partial charge in [0.05, 0.1) is 10.0 Å². The van der Waals surface area contributed by atoms with Crippen molar-refractivity contribution >= 4 is 35.0 Å². The minimum atomic E-state index is -0.605. The van der Waals surface area contributed by atoms with E-state index in [9.17, 15) is 9.59 Å². The van der Waals surface area contributed by atoms with Crippen LogP contribution in [-0.2, 0) is 16.1 Å². The molecule has 0 aliphatic heterocycles. The molecule has 2 aromatic carbocycles. The number of carbonyl (C=O) groups excluding carboxylic acids is 2. The lowest BCUT2D eigenvalue weighted by Crippen LogP contribution is -2.52. The van der Waals surface area contributed by atoms with Crippen molar-refractivity contribution in [2.24, 2.45) is 0 Å². The highest BCUT2D eigenvalue weighted by atomic mass is 35.5. The Hall–Kier alpha value is -2.24. The van der Waals surface area contributed by atoms with E-state index in [0.29, 0.717) is 22.2 Å². The van der Waals surface area contributed by atoms with Gasteiger partial charge in [-0.15, -0.1) is 0 Å². The summed E-state index contributed by atoms with van der Waals surface area (Å²) in [5.41, 5.74) is 2.93. The van der Waals surface area contributed by atoms with Gasteiger partial charge in [-0.3, -0.25) is 9.59 Å². The fourth-order valence-corrected chi connectivity index (χ4v) is 4.86. The molecule has 34 heavy (non-hydrogen) atoms. The minimum absolute atomic E-state index is 0.116. The van der Waals surface area contributed by atoms with Crippen molar-refractivity contribution in [2.45, 2.75) is 77.9 Å². The molecule has 7 heteroatoms. The van der Waals surface area contributed by atoms with E-state index in [4.69, 9.17) is 27.9 Å². The first-order chi connectivity index (χ1) is 16.3. The number of benzene rings is 2. The first kappa shape index (κ1) is 26.4. The SMILES string of the molecule is CCC(C(=O)NC1CCCCC1)N(Cc1ccc(Cl)c(Cl)c1)C(=O)COc1cc(C)cc(C)c1. The molecule has 0 saturated heterocycles. The maximum absolute atomic E-state index is 13.4. The van der Waals surface area contributed by atoms with Crippen LogP contribution in [0.2, 0.25) is 10.0 Å². The molecule has 0 radical (unpaired) electrons. The average Bonchev–Trinajstić information content (AvgIpc) is 2.79. The van der Waals surface area contributed by atoms with Crippen molar-refractivity contribution in [3.05, 3.63) is 63.1 Å². The summed E-state index contributed by atoms with van der Waals surface area (Å²) in [6, 6.07) is 10.7. The lowest BCUT2D eigenvalue weighted by Gasteiger charge is -2.32. The molecule has 2 amide bonds. The van der Waals surface area contributed by atoms with Crippen molar-refractivity contribution in [3.8, 4) is 5.75 Å². The van der Waals surface area contributed by atoms with Crippen molar-refractivity contribution in [1.29, 1.82) is 0 Å². The van der Waals surface area contributed by atoms with Gasteiger partial charge in [-0.05, 0) is 74.1 Å². The smallest absolute Gasteiger partial charge is 0.261 e. The van der Waals surface area contributed by atoms with E-state index in [1.807, 2.05) is 45.0 Å². The third kappa shape index (κ3) is 7.38. The second-order valence-electron chi connectivity index (χ2n) is 9.15. The van der Waals surface area contributed by atoms with E-state index in [0.717, 1.165) is 42.4 Å². The summed E-state index contributed by atoms with van der Waals surface area (Å²) in [5.74, 6) is 0.269. The van der Waals surface area contributed by atoms with E-state index in [2.05, 4.69) is 5.32 Å². The number of nitrogens with zero attached hydrogens (tertiary/aromatic N) is 1. The Kier molecular flexibility index (Phi) is 9.66. The number of carbonyl (C=O) groups is 2. The summed E-state index contributed by atoms with van der Waals surface area (Å²) in [6.45, 7) is 5.98. The van der Waals surface area contributed by atoms with Gasteiger partial charge >= 0.3 is 0 Å². The van der Waals surface area contributed by atoms with Crippen LogP contribution in [0.3, 0.4) is 0 Å². The highest BCUT2D eigenvalue weighted by Gasteiger charge is 2.30. The van der Waals surface area contributed by atoms with Crippen LogP contribution < -0.4 is 10.1 Å². The monoisotopic (exact) mass is 504 g/mol. The van der Waals surface area contributed by atoms with Gasteiger partial charge in [-0.25, -0.2) is 0 Å². The molecule has 1 fully saturated rings. The highest BCUT2D eigenvalue weighted by Crippen LogP contribution is 2.25. The topological polar surface area (TPSA) is 58.6 Å². The third-order valence-corrected chi connectivity index (χ3v) is 6.97. The minimum Gasteiger partial charge on any atom is -0.484 e. The number of hydrogen-bond acceptors (Lipinski definition) is 3. The van der Waals surface area contributed by atoms with Crippen LogP contribution in [-0.4, -0.2) is 35.4 Å². The van der Waals surface area contributed by atoms with Crippen LogP contribution in [0, 0.1) is 13.8 Å². The molecule has 1 N–H and O–H groups in total. The summed E-state index contributed by atoms with van der Waals surface area (Å²) < 4.78 is 5.85. The lowest BCUT2D eigenvalue weighted by atomic mass is 9.95. The summed E-state index contributed by atoms with van der Waals surface area (Å²) in [4.78, 5) is 28.3. The molecule has 1 aliphatic rings. The summed E-state index contributed by atoms with van der Waals surface area (Å²) in [6.07, 6.45) is 5.92. The largest absolute Gasteiger partial charge is 0.484 e. The van der Waals surface area contributed by atoms with Gasteiger partial charge in [0.15, 0.2) is 6.61 Å². The Bertz CT molecular complexity index is 985. The molecule has 3 rings (SSSR count). The predicted molar refractivity (Wildman–Crippen MR) is 138 cm³/mol. The van der Waals surface area contributed by atoms with E-state index < -0.39 is 6.04 Å². The van der Waals surface area contributed by atoms with Gasteiger partial charge in [0.1, 0.15) is 11.8 Å². The zero-order chi connectivity index (χ0) is 24.7. The number of rotatable bonds is 9. The maximum Gasteiger partial charge on any atom is 0.261 e. The number of hydrogen-bond donors (Lipinski definition) is 1. The zero-order valence-corrected chi connectivity index (χ0v) is 21.7. The normalized spacial score (nSPS) is 15.0. The number of halogens is 2. The summed E-state index contributed by atoms with van der Waals surface area (Å²) in [5, 5.41) is 4.04. The van der Waals surface area contributed by atoms with E-state index >= 15 is 0 Å². The van der Waals surface area contributed by atoms with Crippen molar-refractivity contribution < 1.29 is 14.3 Å². The molecule has 1 saturated carbocycles. The van der Waals surface area contributed by atoms with Gasteiger partial charge < -0.3 is 15.0 Å². The number of nitrogens with one attached hydrogen (secondary N) is 1. The van der Waals surface area contributed by atoms with E-state index in [1.54, 1.807) is 17.0 Å². The van der Waals surface area contributed by atoms with Crippen LogP contribution in [0.5, 0.6) is 5.75 Å². The molecule has 1 atom stereocenters. The first-order valence-corrected chi connectivity index (χ1v) is 12.8. The van der Waals surface area contributed by atoms with Gasteiger partial charge in [0.2, 0.25) is 5.91 Å². The van der Waals surface area contributed by atoms with Crippen LogP contribution >= 0.6 is 23.2 Å². The molecule has 0 bridgehead atoms. The predicted octanol–water partition coefficient (Wildman–Crippen LogP) is 6.25. The van der Waals surface area contributed by atoms with Gasteiger partial charge in [-0.1, -0.05) is 61.5 Å². The molecule has 1 aliphatic carbocycles. The number of ether oxygens (including phenoxy) is 1. The molecule has 0 heterocycles. The molecule has 5 nitrogen and oxygen atoms in total. The molecular weight excluding hydrogens is 471 g/mol. The maximum atomic E-state index is 13.4. The van der Waals surface area contributed by atoms with Crippen LogP contribution in [0.25, 0.3) is 0 Å². The molecule has 184 valence electrons. The third-order valence-electron chi connectivity index (χ3n) is 6.23. The lowest BCUT2D eigenvalue weighted by molar-refractivity contribution is -0.143. The summed E-state index contributed by atoms with van der Waals surface area (Å²) in [7, 11) is 0. The Morgan fingerprint density at radius 3 is 2.32 bits per heavy atom. The second kappa shape index (κ2) is 12.5. The Labute approximate surface area is 212 Å². The van der Waals surface area contributed by atoms with Crippen LogP contribution in [0.1, 0.15) is 62.1 Å². The highest BCUT2D eigenvalue weighted by molar-refractivity contribution is 6.42. The van der Waals surface area contributed by atoms with Crippen LogP contribution in [0.15, 0.2) is 36.4 Å². The summed E-state index contributed by atoms with van der Waals surface area (Å²) >= 11 is 12.3. The van der Waals surface area contributed by atoms with E-state index in [1.165, 1.54) is 6.42 Å². The standard InChI is InChI=1S/C27H34Cl2N2O3/c1-4-25(27(33)30-21-8-6-5-7-9-21)31(16-20-10-11-23(28)24(29)15-20)26(32)17-34-22-13-18(2)12-19(3)14-22/h10-15,21,25H,4-9,16-17H2,1-3H3,(H,30,33). The molecule has 0 aromatic heterocycles. The molecule has 2 aromatic rings. The van der Waals surface area contributed by atoms with Crippen molar-refractivity contribution in [3.63, 3.8) is 0 Å².